The summed E-state index contributed by atoms with van der Waals surface area (Å²) in [7, 11) is 0. The molecule has 0 N–H and O–H groups in total. The molecule has 14 heavy (non-hydrogen) atoms. The lowest BCUT2D eigenvalue weighted by Gasteiger charge is -2.26. The molecule has 0 fully saturated rings. The second-order valence-electron chi connectivity index (χ2n) is 5.26. The molecule has 0 aliphatic rings. The lowest BCUT2D eigenvalue weighted by molar-refractivity contribution is 0.277. The van der Waals surface area contributed by atoms with Gasteiger partial charge in [0.2, 0.25) is 0 Å². The van der Waals surface area contributed by atoms with E-state index < -0.39 is 0 Å². The van der Waals surface area contributed by atoms with E-state index in [-0.39, 0.29) is 0 Å². The highest BCUT2D eigenvalue weighted by molar-refractivity contribution is 5.00. The van der Waals surface area contributed by atoms with Crippen molar-refractivity contribution in [2.45, 2.75) is 67.2 Å². The highest BCUT2D eigenvalue weighted by Gasteiger charge is 2.19. The van der Waals surface area contributed by atoms with Crippen LogP contribution in [0.4, 0.5) is 0 Å². The summed E-state index contributed by atoms with van der Waals surface area (Å²) in [5.41, 5.74) is 2.05. The van der Waals surface area contributed by atoms with Crippen molar-refractivity contribution in [2.24, 2.45) is 11.3 Å². The normalized spacial score (nSPS) is 15.7. The zero-order valence-electron chi connectivity index (χ0n) is 11.0. The topological polar surface area (TPSA) is 0 Å². The quantitative estimate of drug-likeness (QED) is 0.512. The third-order valence-corrected chi connectivity index (χ3v) is 3.37. The molecular formula is C14H28. The fraction of sp³-hybridized carbons (Fsp3) is 0.857. The second-order valence-corrected chi connectivity index (χ2v) is 5.26. The van der Waals surface area contributed by atoms with E-state index in [0.29, 0.717) is 5.41 Å². The molecule has 84 valence electrons. The molecule has 0 heterocycles. The van der Waals surface area contributed by atoms with E-state index in [4.69, 9.17) is 0 Å². The molecular weight excluding hydrogens is 168 g/mol. The summed E-state index contributed by atoms with van der Waals surface area (Å²) >= 11 is 0. The minimum Gasteiger partial charge on any atom is -0.0825 e. The Kier molecular flexibility index (Phi) is 6.15. The summed E-state index contributed by atoms with van der Waals surface area (Å²) in [6, 6.07) is 0. The van der Waals surface area contributed by atoms with Crippen LogP contribution in [0.3, 0.4) is 0 Å². The SMILES string of the molecule is CCC(C)=CC(CC)CC(C)(C)CC. The summed E-state index contributed by atoms with van der Waals surface area (Å²) < 4.78 is 0. The van der Waals surface area contributed by atoms with Crippen LogP contribution in [0.25, 0.3) is 0 Å². The van der Waals surface area contributed by atoms with Gasteiger partial charge in [-0.25, -0.2) is 0 Å². The van der Waals surface area contributed by atoms with Crippen molar-refractivity contribution < 1.29 is 0 Å². The first-order chi connectivity index (χ1) is 6.45. The van der Waals surface area contributed by atoms with E-state index >= 15 is 0 Å². The molecule has 0 aliphatic carbocycles. The Morgan fingerprint density at radius 1 is 1.21 bits per heavy atom. The summed E-state index contributed by atoms with van der Waals surface area (Å²) in [5, 5.41) is 0. The van der Waals surface area contributed by atoms with Crippen LogP contribution < -0.4 is 0 Å². The first-order valence-electron chi connectivity index (χ1n) is 6.12. The lowest BCUT2D eigenvalue weighted by atomic mass is 9.79. The third kappa shape index (κ3) is 5.47. The summed E-state index contributed by atoms with van der Waals surface area (Å²) in [5.74, 6) is 0.782. The molecule has 0 saturated carbocycles. The predicted molar refractivity (Wildman–Crippen MR) is 66.5 cm³/mol. The average molecular weight is 196 g/mol. The van der Waals surface area contributed by atoms with Crippen LogP contribution in [0.2, 0.25) is 0 Å². The van der Waals surface area contributed by atoms with Crippen molar-refractivity contribution in [2.75, 3.05) is 0 Å². The molecule has 0 aliphatic heterocycles. The number of hydrogen-bond acceptors (Lipinski definition) is 0. The van der Waals surface area contributed by atoms with Gasteiger partial charge in [0.1, 0.15) is 0 Å². The molecule has 1 atom stereocenters. The van der Waals surface area contributed by atoms with E-state index in [9.17, 15) is 0 Å². The highest BCUT2D eigenvalue weighted by Crippen LogP contribution is 2.31. The molecule has 0 nitrogen and oxygen atoms in total. The van der Waals surface area contributed by atoms with Gasteiger partial charge >= 0.3 is 0 Å². The van der Waals surface area contributed by atoms with Gasteiger partial charge in [0.05, 0.1) is 0 Å². The van der Waals surface area contributed by atoms with Crippen LogP contribution >= 0.6 is 0 Å². The van der Waals surface area contributed by atoms with E-state index in [2.05, 4.69) is 47.6 Å². The Labute approximate surface area is 90.8 Å². The molecule has 0 aromatic rings. The van der Waals surface area contributed by atoms with Crippen molar-refractivity contribution in [1.29, 1.82) is 0 Å². The van der Waals surface area contributed by atoms with E-state index in [0.717, 1.165) is 5.92 Å². The molecule has 0 bridgehead atoms. The van der Waals surface area contributed by atoms with Crippen LogP contribution in [0.5, 0.6) is 0 Å². The van der Waals surface area contributed by atoms with Gasteiger partial charge in [-0.15, -0.1) is 0 Å². The van der Waals surface area contributed by atoms with Crippen molar-refractivity contribution in [1.82, 2.24) is 0 Å². The van der Waals surface area contributed by atoms with Crippen LogP contribution in [-0.4, -0.2) is 0 Å². The van der Waals surface area contributed by atoms with Gasteiger partial charge in [0, 0.05) is 0 Å². The van der Waals surface area contributed by atoms with Gasteiger partial charge < -0.3 is 0 Å². The van der Waals surface area contributed by atoms with Crippen LogP contribution in [0, 0.1) is 11.3 Å². The molecule has 0 spiro atoms. The molecule has 0 rings (SSSR count). The number of rotatable bonds is 6. The number of allylic oxidation sites excluding steroid dienone is 2. The van der Waals surface area contributed by atoms with Gasteiger partial charge in [0.15, 0.2) is 0 Å². The largest absolute Gasteiger partial charge is 0.0825 e. The van der Waals surface area contributed by atoms with Crippen LogP contribution in [0.1, 0.15) is 67.2 Å². The maximum atomic E-state index is 2.48. The van der Waals surface area contributed by atoms with Crippen molar-refractivity contribution in [3.63, 3.8) is 0 Å². The lowest BCUT2D eigenvalue weighted by Crippen LogP contribution is -2.14. The Morgan fingerprint density at radius 2 is 1.79 bits per heavy atom. The van der Waals surface area contributed by atoms with Crippen molar-refractivity contribution in [3.05, 3.63) is 11.6 Å². The molecule has 0 aromatic carbocycles. The van der Waals surface area contributed by atoms with Gasteiger partial charge in [-0.1, -0.05) is 52.7 Å². The van der Waals surface area contributed by atoms with Crippen molar-refractivity contribution >= 4 is 0 Å². The fourth-order valence-electron chi connectivity index (χ4n) is 1.70. The summed E-state index contributed by atoms with van der Waals surface area (Å²) in [6.07, 6.45) is 7.57. The molecule has 0 saturated heterocycles. The van der Waals surface area contributed by atoms with Gasteiger partial charge in [-0.05, 0) is 37.5 Å². The molecule has 0 aromatic heterocycles. The first-order valence-corrected chi connectivity index (χ1v) is 6.12. The Bertz CT molecular complexity index is 174. The average Bonchev–Trinajstić information content (AvgIpc) is 2.16. The first kappa shape index (κ1) is 13.7. The Balaban J connectivity index is 4.30. The maximum absolute atomic E-state index is 2.48. The fourth-order valence-corrected chi connectivity index (χ4v) is 1.70. The Morgan fingerprint density at radius 3 is 2.14 bits per heavy atom. The summed E-state index contributed by atoms with van der Waals surface area (Å²) in [4.78, 5) is 0. The van der Waals surface area contributed by atoms with Gasteiger partial charge in [-0.3, -0.25) is 0 Å². The molecule has 0 amide bonds. The Hall–Kier alpha value is -0.260. The standard InChI is InChI=1S/C14H28/c1-7-12(4)10-13(8-2)11-14(5,6)9-3/h10,13H,7-9,11H2,1-6H3. The molecule has 0 heteroatoms. The molecule has 0 radical (unpaired) electrons. The second kappa shape index (κ2) is 6.27. The highest BCUT2D eigenvalue weighted by atomic mass is 14.2. The van der Waals surface area contributed by atoms with Gasteiger partial charge in [0.25, 0.3) is 0 Å². The third-order valence-electron chi connectivity index (χ3n) is 3.37. The number of hydrogen-bond donors (Lipinski definition) is 0. The van der Waals surface area contributed by atoms with Crippen LogP contribution in [0.15, 0.2) is 11.6 Å². The maximum Gasteiger partial charge on any atom is -0.0228 e. The summed E-state index contributed by atoms with van der Waals surface area (Å²) in [6.45, 7) is 13.8. The van der Waals surface area contributed by atoms with E-state index in [1.165, 1.54) is 25.7 Å². The smallest absolute Gasteiger partial charge is 0.0228 e. The zero-order chi connectivity index (χ0) is 11.2. The predicted octanol–water partition coefficient (Wildman–Crippen LogP) is 5.20. The zero-order valence-corrected chi connectivity index (χ0v) is 11.0. The van der Waals surface area contributed by atoms with Crippen molar-refractivity contribution in [3.8, 4) is 0 Å². The molecule has 1 unspecified atom stereocenters. The van der Waals surface area contributed by atoms with Gasteiger partial charge in [-0.2, -0.15) is 0 Å². The van der Waals surface area contributed by atoms with E-state index in [1.54, 1.807) is 5.57 Å². The monoisotopic (exact) mass is 196 g/mol. The van der Waals surface area contributed by atoms with E-state index in [1.807, 2.05) is 0 Å². The minimum absolute atomic E-state index is 0.505. The minimum atomic E-state index is 0.505. The van der Waals surface area contributed by atoms with Crippen LogP contribution in [-0.2, 0) is 0 Å².